The van der Waals surface area contributed by atoms with E-state index in [9.17, 15) is 18.3 Å². The molecule has 0 spiro atoms. The molecule has 8 nitrogen and oxygen atoms in total. The Morgan fingerprint density at radius 1 is 1.14 bits per heavy atom. The molecule has 0 aliphatic carbocycles. The Kier molecular flexibility index (Phi) is 7.65. The lowest BCUT2D eigenvalue weighted by Crippen LogP contribution is -2.30. The van der Waals surface area contributed by atoms with Crippen molar-refractivity contribution >= 4 is 15.9 Å². The van der Waals surface area contributed by atoms with Crippen molar-refractivity contribution < 1.29 is 27.8 Å². The summed E-state index contributed by atoms with van der Waals surface area (Å²) in [7, 11) is -2.26. The quantitative estimate of drug-likeness (QED) is 0.552. The van der Waals surface area contributed by atoms with Crippen LogP contribution in [0.15, 0.2) is 47.4 Å². The summed E-state index contributed by atoms with van der Waals surface area (Å²) >= 11 is 0. The fourth-order valence-corrected chi connectivity index (χ4v) is 3.42. The second kappa shape index (κ2) is 9.95. The van der Waals surface area contributed by atoms with Crippen LogP contribution in [0.2, 0.25) is 0 Å². The maximum absolute atomic E-state index is 12.2. The van der Waals surface area contributed by atoms with E-state index in [1.165, 1.54) is 25.3 Å². The van der Waals surface area contributed by atoms with Gasteiger partial charge in [0.2, 0.25) is 15.9 Å². The fourth-order valence-electron chi connectivity index (χ4n) is 2.38. The highest BCUT2D eigenvalue weighted by molar-refractivity contribution is 7.89. The summed E-state index contributed by atoms with van der Waals surface area (Å²) in [5.41, 5.74) is 0.748. The van der Waals surface area contributed by atoms with E-state index in [1.807, 2.05) is 6.92 Å². The van der Waals surface area contributed by atoms with Crippen LogP contribution in [0.1, 0.15) is 18.9 Å². The van der Waals surface area contributed by atoms with E-state index in [-0.39, 0.29) is 36.1 Å². The van der Waals surface area contributed by atoms with Gasteiger partial charge in [-0.1, -0.05) is 6.07 Å². The van der Waals surface area contributed by atoms with Gasteiger partial charge in [0, 0.05) is 19.5 Å². The first-order valence-electron chi connectivity index (χ1n) is 8.71. The number of hydrogen-bond donors (Lipinski definition) is 3. The molecule has 0 saturated heterocycles. The second-order valence-corrected chi connectivity index (χ2v) is 7.60. The Morgan fingerprint density at radius 2 is 1.86 bits per heavy atom. The first-order valence-corrected chi connectivity index (χ1v) is 10.2. The molecule has 0 atom stereocenters. The number of ether oxygens (including phenoxy) is 2. The number of phenolic OH excluding ortho intramolecular Hbond substituents is 1. The second-order valence-electron chi connectivity index (χ2n) is 5.84. The average molecular weight is 408 g/mol. The third-order valence-corrected chi connectivity index (χ3v) is 5.30. The Morgan fingerprint density at radius 3 is 2.50 bits per heavy atom. The van der Waals surface area contributed by atoms with Gasteiger partial charge < -0.3 is 19.9 Å². The van der Waals surface area contributed by atoms with Gasteiger partial charge in [-0.25, -0.2) is 13.1 Å². The summed E-state index contributed by atoms with van der Waals surface area (Å²) in [5.74, 6) is 0.615. The van der Waals surface area contributed by atoms with Gasteiger partial charge in [-0.05, 0) is 48.9 Å². The number of carbonyl (C=O) groups is 1. The Bertz CT molecular complexity index is 897. The number of nitrogens with one attached hydrogen (secondary N) is 2. The van der Waals surface area contributed by atoms with E-state index in [4.69, 9.17) is 9.47 Å². The molecular weight excluding hydrogens is 384 g/mol. The normalized spacial score (nSPS) is 11.1. The number of benzene rings is 2. The van der Waals surface area contributed by atoms with Gasteiger partial charge in [0.05, 0.1) is 18.6 Å². The molecule has 0 bridgehead atoms. The van der Waals surface area contributed by atoms with E-state index in [0.29, 0.717) is 18.1 Å². The fraction of sp³-hybridized carbons (Fsp3) is 0.316. The van der Waals surface area contributed by atoms with Crippen molar-refractivity contribution in [3.8, 4) is 17.2 Å². The molecule has 0 aliphatic heterocycles. The number of rotatable bonds is 10. The van der Waals surface area contributed by atoms with E-state index in [2.05, 4.69) is 10.0 Å². The number of methoxy groups -OCH3 is 1. The zero-order valence-corrected chi connectivity index (χ0v) is 16.6. The minimum absolute atomic E-state index is 0.00845. The van der Waals surface area contributed by atoms with Gasteiger partial charge in [0.15, 0.2) is 11.5 Å². The molecule has 2 rings (SSSR count). The topological polar surface area (TPSA) is 114 Å². The monoisotopic (exact) mass is 408 g/mol. The summed E-state index contributed by atoms with van der Waals surface area (Å²) in [6.07, 6.45) is -0.00845. The predicted octanol–water partition coefficient (Wildman–Crippen LogP) is 1.78. The van der Waals surface area contributed by atoms with Crippen LogP contribution in [0.4, 0.5) is 0 Å². The Labute approximate surface area is 164 Å². The molecule has 0 unspecified atom stereocenters. The van der Waals surface area contributed by atoms with Crippen molar-refractivity contribution in [2.24, 2.45) is 0 Å². The van der Waals surface area contributed by atoms with Gasteiger partial charge in [-0.3, -0.25) is 4.79 Å². The molecule has 2 aromatic rings. The van der Waals surface area contributed by atoms with Gasteiger partial charge in [0.25, 0.3) is 0 Å². The summed E-state index contributed by atoms with van der Waals surface area (Å²) in [6.45, 7) is 2.55. The number of phenols is 1. The molecule has 152 valence electrons. The molecule has 0 radical (unpaired) electrons. The average Bonchev–Trinajstić information content (AvgIpc) is 2.68. The van der Waals surface area contributed by atoms with Crippen molar-refractivity contribution in [1.82, 2.24) is 10.0 Å². The van der Waals surface area contributed by atoms with Crippen LogP contribution in [0, 0.1) is 0 Å². The molecule has 0 aliphatic rings. The van der Waals surface area contributed by atoms with E-state index in [1.54, 1.807) is 24.3 Å². The highest BCUT2D eigenvalue weighted by Gasteiger charge is 2.14. The van der Waals surface area contributed by atoms with E-state index in [0.717, 1.165) is 5.56 Å². The zero-order valence-electron chi connectivity index (χ0n) is 15.8. The van der Waals surface area contributed by atoms with Crippen LogP contribution < -0.4 is 19.5 Å². The maximum Gasteiger partial charge on any atom is 0.240 e. The minimum Gasteiger partial charge on any atom is -0.504 e. The van der Waals surface area contributed by atoms with Gasteiger partial charge >= 0.3 is 0 Å². The summed E-state index contributed by atoms with van der Waals surface area (Å²) < 4.78 is 37.2. The highest BCUT2D eigenvalue weighted by Crippen LogP contribution is 2.26. The van der Waals surface area contributed by atoms with Crippen molar-refractivity contribution in [2.45, 2.75) is 24.8 Å². The molecule has 0 heterocycles. The number of hydrogen-bond acceptors (Lipinski definition) is 6. The van der Waals surface area contributed by atoms with Crippen molar-refractivity contribution in [3.05, 3.63) is 48.0 Å². The number of sulfonamides is 1. The summed E-state index contributed by atoms with van der Waals surface area (Å²) in [6, 6.07) is 10.8. The number of aromatic hydroxyl groups is 1. The maximum atomic E-state index is 12.2. The first kappa shape index (κ1) is 21.5. The zero-order chi connectivity index (χ0) is 20.6. The minimum atomic E-state index is -3.70. The molecule has 2 aromatic carbocycles. The lowest BCUT2D eigenvalue weighted by atomic mass is 10.2. The lowest BCUT2D eigenvalue weighted by Gasteiger charge is -2.10. The van der Waals surface area contributed by atoms with Crippen LogP contribution in [-0.2, 0) is 21.4 Å². The number of amides is 1. The Balaban J connectivity index is 1.80. The standard InChI is InChI=1S/C19H24N2O6S/c1-3-27-15-5-7-16(8-6-15)28(24,25)21-11-10-19(23)20-13-14-4-9-17(22)18(12-14)26-2/h4-9,12,21-22H,3,10-11,13H2,1-2H3,(H,20,23). The molecular formula is C19H24N2O6S. The third kappa shape index (κ3) is 6.14. The van der Waals surface area contributed by atoms with Crippen molar-refractivity contribution in [2.75, 3.05) is 20.3 Å². The SMILES string of the molecule is CCOc1ccc(S(=O)(=O)NCCC(=O)NCc2ccc(O)c(OC)c2)cc1. The van der Waals surface area contributed by atoms with Crippen LogP contribution in [-0.4, -0.2) is 39.7 Å². The highest BCUT2D eigenvalue weighted by atomic mass is 32.2. The smallest absolute Gasteiger partial charge is 0.240 e. The van der Waals surface area contributed by atoms with Crippen LogP contribution in [0.3, 0.4) is 0 Å². The molecule has 0 aromatic heterocycles. The molecule has 0 fully saturated rings. The van der Waals surface area contributed by atoms with Crippen LogP contribution in [0.5, 0.6) is 17.2 Å². The molecule has 0 saturated carbocycles. The van der Waals surface area contributed by atoms with Crippen molar-refractivity contribution in [3.63, 3.8) is 0 Å². The molecule has 3 N–H and O–H groups in total. The summed E-state index contributed by atoms with van der Waals surface area (Å²) in [4.78, 5) is 12.0. The molecule has 1 amide bonds. The van der Waals surface area contributed by atoms with Crippen LogP contribution in [0.25, 0.3) is 0 Å². The lowest BCUT2D eigenvalue weighted by molar-refractivity contribution is -0.121. The predicted molar refractivity (Wildman–Crippen MR) is 104 cm³/mol. The van der Waals surface area contributed by atoms with Gasteiger partial charge in [-0.2, -0.15) is 0 Å². The van der Waals surface area contributed by atoms with E-state index >= 15 is 0 Å². The van der Waals surface area contributed by atoms with Crippen LogP contribution >= 0.6 is 0 Å². The molecule has 9 heteroatoms. The Hall–Kier alpha value is -2.78. The van der Waals surface area contributed by atoms with E-state index < -0.39 is 10.0 Å². The summed E-state index contributed by atoms with van der Waals surface area (Å²) in [5, 5.41) is 12.2. The largest absolute Gasteiger partial charge is 0.504 e. The van der Waals surface area contributed by atoms with Crippen molar-refractivity contribution in [1.29, 1.82) is 0 Å². The first-order chi connectivity index (χ1) is 13.4. The number of carbonyl (C=O) groups excluding carboxylic acids is 1. The van der Waals surface area contributed by atoms with Gasteiger partial charge in [-0.15, -0.1) is 0 Å². The molecule has 28 heavy (non-hydrogen) atoms. The third-order valence-electron chi connectivity index (χ3n) is 3.82. The van der Waals surface area contributed by atoms with Gasteiger partial charge in [0.1, 0.15) is 5.75 Å².